The number of rotatable bonds is 3. The summed E-state index contributed by atoms with van der Waals surface area (Å²) < 4.78 is 44.8. The average Bonchev–Trinajstić information content (AvgIpc) is 2.42. The monoisotopic (exact) mass is 358 g/mol. The van der Waals surface area contributed by atoms with Crippen molar-refractivity contribution in [3.8, 4) is 11.5 Å². The van der Waals surface area contributed by atoms with Crippen LogP contribution < -0.4 is 4.74 Å². The molecule has 0 bridgehead atoms. The number of aldehydes is 1. The molecule has 2 aromatic carbocycles. The van der Waals surface area contributed by atoms with Gasteiger partial charge in [-0.2, -0.15) is 13.2 Å². The maximum atomic E-state index is 12.9. The Labute approximate surface area is 127 Å². The topological polar surface area (TPSA) is 26.3 Å². The van der Waals surface area contributed by atoms with Crippen LogP contribution in [0, 0.1) is 6.92 Å². The Morgan fingerprint density at radius 1 is 1.10 bits per heavy atom. The predicted molar refractivity (Wildman–Crippen MR) is 75.8 cm³/mol. The molecular formula is C15H10BrF3O2. The Balaban J connectivity index is 2.36. The van der Waals surface area contributed by atoms with Gasteiger partial charge in [0, 0.05) is 10.0 Å². The van der Waals surface area contributed by atoms with Crippen LogP contribution in [0.2, 0.25) is 0 Å². The SMILES string of the molecule is Cc1cc(Oc2ccc(C=O)c(C(F)(F)F)c2)ccc1Br. The third kappa shape index (κ3) is 3.64. The highest BCUT2D eigenvalue weighted by Gasteiger charge is 2.33. The second-order valence-corrected chi connectivity index (χ2v) is 5.23. The van der Waals surface area contributed by atoms with Crippen LogP contribution in [0.15, 0.2) is 40.9 Å². The van der Waals surface area contributed by atoms with Crippen LogP contribution in [0.5, 0.6) is 11.5 Å². The van der Waals surface area contributed by atoms with E-state index in [2.05, 4.69) is 15.9 Å². The number of benzene rings is 2. The van der Waals surface area contributed by atoms with Gasteiger partial charge in [0.1, 0.15) is 11.5 Å². The van der Waals surface area contributed by atoms with Gasteiger partial charge >= 0.3 is 6.18 Å². The smallest absolute Gasteiger partial charge is 0.417 e. The molecule has 0 unspecified atom stereocenters. The Morgan fingerprint density at radius 2 is 1.71 bits per heavy atom. The Morgan fingerprint density at radius 3 is 2.29 bits per heavy atom. The summed E-state index contributed by atoms with van der Waals surface area (Å²) in [5, 5.41) is 0. The van der Waals surface area contributed by atoms with Crippen LogP contribution in [0.1, 0.15) is 21.5 Å². The van der Waals surface area contributed by atoms with Crippen LogP contribution in [0.25, 0.3) is 0 Å². The second kappa shape index (κ2) is 5.89. The zero-order valence-corrected chi connectivity index (χ0v) is 12.5. The Hall–Kier alpha value is -1.82. The third-order valence-electron chi connectivity index (χ3n) is 2.82. The lowest BCUT2D eigenvalue weighted by atomic mass is 10.1. The lowest BCUT2D eigenvalue weighted by molar-refractivity contribution is -0.137. The first kappa shape index (κ1) is 15.6. The van der Waals surface area contributed by atoms with Gasteiger partial charge in [-0.05, 0) is 48.9 Å². The maximum Gasteiger partial charge on any atom is 0.417 e. The Bertz CT molecular complexity index is 681. The molecule has 0 aliphatic heterocycles. The first-order valence-electron chi connectivity index (χ1n) is 5.91. The summed E-state index contributed by atoms with van der Waals surface area (Å²) in [6.45, 7) is 1.84. The number of hydrogen-bond acceptors (Lipinski definition) is 2. The molecule has 0 amide bonds. The molecule has 2 aromatic rings. The fourth-order valence-electron chi connectivity index (χ4n) is 1.76. The summed E-state index contributed by atoms with van der Waals surface area (Å²) in [7, 11) is 0. The van der Waals surface area contributed by atoms with E-state index in [1.165, 1.54) is 6.07 Å². The highest BCUT2D eigenvalue weighted by molar-refractivity contribution is 9.10. The molecule has 0 spiro atoms. The van der Waals surface area contributed by atoms with Crippen molar-refractivity contribution in [3.05, 3.63) is 57.6 Å². The fraction of sp³-hybridized carbons (Fsp3) is 0.133. The van der Waals surface area contributed by atoms with Crippen molar-refractivity contribution in [2.75, 3.05) is 0 Å². The summed E-state index contributed by atoms with van der Waals surface area (Å²) in [6.07, 6.45) is -4.43. The van der Waals surface area contributed by atoms with Crippen molar-refractivity contribution >= 4 is 22.2 Å². The van der Waals surface area contributed by atoms with Gasteiger partial charge in [-0.25, -0.2) is 0 Å². The highest BCUT2D eigenvalue weighted by Crippen LogP contribution is 2.35. The molecule has 0 heterocycles. The van der Waals surface area contributed by atoms with Gasteiger partial charge in [-0.15, -0.1) is 0 Å². The molecule has 0 aliphatic carbocycles. The van der Waals surface area contributed by atoms with Gasteiger partial charge < -0.3 is 4.74 Å². The van der Waals surface area contributed by atoms with Crippen LogP contribution in [0.3, 0.4) is 0 Å². The molecule has 110 valence electrons. The van der Waals surface area contributed by atoms with Crippen molar-refractivity contribution in [2.24, 2.45) is 0 Å². The van der Waals surface area contributed by atoms with E-state index >= 15 is 0 Å². The standard InChI is InChI=1S/C15H10BrF3O2/c1-9-6-11(4-5-14(9)16)21-12-3-2-10(8-20)13(7-12)15(17,18)19/h2-8H,1H3. The van der Waals surface area contributed by atoms with Crippen molar-refractivity contribution in [1.82, 2.24) is 0 Å². The summed E-state index contributed by atoms with van der Waals surface area (Å²) in [6, 6.07) is 8.33. The minimum atomic E-state index is -4.61. The predicted octanol–water partition coefficient (Wildman–Crippen LogP) is 5.38. The maximum absolute atomic E-state index is 12.9. The van der Waals surface area contributed by atoms with E-state index in [-0.39, 0.29) is 12.0 Å². The molecule has 0 fully saturated rings. The molecule has 0 atom stereocenters. The zero-order valence-electron chi connectivity index (χ0n) is 10.9. The third-order valence-corrected chi connectivity index (χ3v) is 3.71. The zero-order chi connectivity index (χ0) is 15.6. The van der Waals surface area contributed by atoms with E-state index in [1.54, 1.807) is 18.2 Å². The lowest BCUT2D eigenvalue weighted by Crippen LogP contribution is -2.09. The molecule has 0 N–H and O–H groups in total. The number of aryl methyl sites for hydroxylation is 1. The van der Waals surface area contributed by atoms with Crippen molar-refractivity contribution in [2.45, 2.75) is 13.1 Å². The summed E-state index contributed by atoms with van der Waals surface area (Å²) in [5.41, 5.74) is -0.529. The van der Waals surface area contributed by atoms with Crippen molar-refractivity contribution in [1.29, 1.82) is 0 Å². The van der Waals surface area contributed by atoms with E-state index in [0.717, 1.165) is 22.2 Å². The minimum absolute atomic E-state index is 0.0228. The van der Waals surface area contributed by atoms with Gasteiger partial charge in [-0.1, -0.05) is 15.9 Å². The van der Waals surface area contributed by atoms with Gasteiger partial charge in [0.2, 0.25) is 0 Å². The Kier molecular flexibility index (Phi) is 4.37. The van der Waals surface area contributed by atoms with Gasteiger partial charge in [-0.3, -0.25) is 4.79 Å². The second-order valence-electron chi connectivity index (χ2n) is 4.38. The van der Waals surface area contributed by atoms with Crippen LogP contribution in [-0.2, 0) is 6.18 Å². The summed E-state index contributed by atoms with van der Waals surface area (Å²) >= 11 is 3.33. The van der Waals surface area contributed by atoms with Gasteiger partial charge in [0.25, 0.3) is 0 Å². The summed E-state index contributed by atoms with van der Waals surface area (Å²) in [5.74, 6) is 0.442. The fourth-order valence-corrected chi connectivity index (χ4v) is 2.01. The number of carbonyl (C=O) groups excluding carboxylic acids is 1. The lowest BCUT2D eigenvalue weighted by Gasteiger charge is -2.12. The number of halogens is 4. The molecule has 0 radical (unpaired) electrons. The number of hydrogen-bond donors (Lipinski definition) is 0. The molecule has 0 saturated heterocycles. The molecule has 0 aromatic heterocycles. The van der Waals surface area contributed by atoms with Crippen LogP contribution >= 0.6 is 15.9 Å². The number of carbonyl (C=O) groups is 1. The first-order valence-corrected chi connectivity index (χ1v) is 6.71. The minimum Gasteiger partial charge on any atom is -0.457 e. The van der Waals surface area contributed by atoms with E-state index in [4.69, 9.17) is 4.74 Å². The largest absolute Gasteiger partial charge is 0.457 e. The number of alkyl halides is 3. The van der Waals surface area contributed by atoms with Gasteiger partial charge in [0.05, 0.1) is 5.56 Å². The molecule has 21 heavy (non-hydrogen) atoms. The molecule has 0 aliphatic rings. The average molecular weight is 359 g/mol. The first-order chi connectivity index (χ1) is 9.81. The molecule has 6 heteroatoms. The highest BCUT2D eigenvalue weighted by atomic mass is 79.9. The molecule has 2 rings (SSSR count). The molecule has 0 saturated carbocycles. The van der Waals surface area contributed by atoms with E-state index in [1.807, 2.05) is 6.92 Å². The quantitative estimate of drug-likeness (QED) is 0.688. The van der Waals surface area contributed by atoms with E-state index in [0.29, 0.717) is 5.75 Å². The van der Waals surface area contributed by atoms with Crippen LogP contribution in [0.4, 0.5) is 13.2 Å². The van der Waals surface area contributed by atoms with Crippen molar-refractivity contribution in [3.63, 3.8) is 0 Å². The number of ether oxygens (including phenoxy) is 1. The van der Waals surface area contributed by atoms with Crippen LogP contribution in [-0.4, -0.2) is 6.29 Å². The summed E-state index contributed by atoms with van der Waals surface area (Å²) in [4.78, 5) is 10.7. The van der Waals surface area contributed by atoms with E-state index < -0.39 is 17.3 Å². The molecular weight excluding hydrogens is 349 g/mol. The van der Waals surface area contributed by atoms with Gasteiger partial charge in [0.15, 0.2) is 6.29 Å². The molecule has 2 nitrogen and oxygen atoms in total. The van der Waals surface area contributed by atoms with E-state index in [9.17, 15) is 18.0 Å². The van der Waals surface area contributed by atoms with Crippen molar-refractivity contribution < 1.29 is 22.7 Å². The normalized spacial score (nSPS) is 11.3.